The number of nitrogens with zero attached hydrogens (tertiary/aromatic N) is 1. The standard InChI is InChI=1S/C10H19NO2/c1-7(2)11-5-4-9(8(11)3)6-10(12)13/h7-9H,4-6H2,1-3H3,(H,12,13). The molecule has 76 valence electrons. The molecule has 3 nitrogen and oxygen atoms in total. The van der Waals surface area contributed by atoms with Crippen molar-refractivity contribution in [2.75, 3.05) is 6.54 Å². The summed E-state index contributed by atoms with van der Waals surface area (Å²) in [6.07, 6.45) is 1.36. The third-order valence-corrected chi connectivity index (χ3v) is 3.06. The van der Waals surface area contributed by atoms with Crippen molar-refractivity contribution in [1.82, 2.24) is 4.90 Å². The molecule has 1 aliphatic rings. The van der Waals surface area contributed by atoms with Gasteiger partial charge in [0.05, 0.1) is 0 Å². The molecule has 1 rings (SSSR count). The van der Waals surface area contributed by atoms with Gasteiger partial charge < -0.3 is 5.11 Å². The first-order chi connectivity index (χ1) is 6.02. The van der Waals surface area contributed by atoms with Crippen LogP contribution in [-0.4, -0.2) is 34.6 Å². The molecule has 0 aromatic heterocycles. The van der Waals surface area contributed by atoms with E-state index in [2.05, 4.69) is 25.7 Å². The minimum absolute atomic E-state index is 0.324. The molecule has 13 heavy (non-hydrogen) atoms. The maximum atomic E-state index is 10.6. The van der Waals surface area contributed by atoms with E-state index in [1.807, 2.05) is 0 Å². The van der Waals surface area contributed by atoms with Gasteiger partial charge >= 0.3 is 5.97 Å². The molecule has 0 bridgehead atoms. The van der Waals surface area contributed by atoms with Gasteiger partial charge in [-0.05, 0) is 39.7 Å². The average Bonchev–Trinajstić information content (AvgIpc) is 2.32. The van der Waals surface area contributed by atoms with Crippen LogP contribution in [0.4, 0.5) is 0 Å². The van der Waals surface area contributed by atoms with E-state index in [0.717, 1.165) is 13.0 Å². The lowest BCUT2D eigenvalue weighted by atomic mass is 9.98. The van der Waals surface area contributed by atoms with Crippen molar-refractivity contribution in [3.63, 3.8) is 0 Å². The summed E-state index contributed by atoms with van der Waals surface area (Å²) in [5, 5.41) is 8.70. The zero-order valence-corrected chi connectivity index (χ0v) is 8.66. The Bertz CT molecular complexity index is 191. The lowest BCUT2D eigenvalue weighted by Gasteiger charge is -2.27. The summed E-state index contributed by atoms with van der Waals surface area (Å²) in [5.41, 5.74) is 0. The van der Waals surface area contributed by atoms with E-state index in [0.29, 0.717) is 24.4 Å². The molecular weight excluding hydrogens is 166 g/mol. The Labute approximate surface area is 79.7 Å². The lowest BCUT2D eigenvalue weighted by molar-refractivity contribution is -0.138. The molecule has 3 heteroatoms. The van der Waals surface area contributed by atoms with Gasteiger partial charge in [-0.2, -0.15) is 0 Å². The number of aliphatic carboxylic acids is 1. The lowest BCUT2D eigenvalue weighted by Crippen LogP contribution is -2.36. The highest BCUT2D eigenvalue weighted by atomic mass is 16.4. The van der Waals surface area contributed by atoms with Crippen LogP contribution in [0.1, 0.15) is 33.6 Å². The Kier molecular flexibility index (Phi) is 3.31. The Morgan fingerprint density at radius 3 is 2.62 bits per heavy atom. The van der Waals surface area contributed by atoms with Crippen LogP contribution in [0.25, 0.3) is 0 Å². The van der Waals surface area contributed by atoms with Gasteiger partial charge in [0.15, 0.2) is 0 Å². The summed E-state index contributed by atoms with van der Waals surface area (Å²) in [5.74, 6) is -0.317. The third-order valence-electron chi connectivity index (χ3n) is 3.06. The van der Waals surface area contributed by atoms with E-state index in [1.165, 1.54) is 0 Å². The molecule has 1 fully saturated rings. The highest BCUT2D eigenvalue weighted by Gasteiger charge is 2.32. The molecule has 0 amide bonds. The summed E-state index contributed by atoms with van der Waals surface area (Å²) < 4.78 is 0. The van der Waals surface area contributed by atoms with E-state index in [-0.39, 0.29) is 0 Å². The van der Waals surface area contributed by atoms with Crippen LogP contribution in [0, 0.1) is 5.92 Å². The van der Waals surface area contributed by atoms with Crippen molar-refractivity contribution in [1.29, 1.82) is 0 Å². The molecule has 2 atom stereocenters. The highest BCUT2D eigenvalue weighted by molar-refractivity contribution is 5.67. The van der Waals surface area contributed by atoms with Gasteiger partial charge in [0.25, 0.3) is 0 Å². The second-order valence-corrected chi connectivity index (χ2v) is 4.22. The summed E-state index contributed by atoms with van der Waals surface area (Å²) >= 11 is 0. The summed E-state index contributed by atoms with van der Waals surface area (Å²) in [6, 6.07) is 0.963. The minimum Gasteiger partial charge on any atom is -0.481 e. The molecule has 1 aliphatic heterocycles. The SMILES string of the molecule is CC(C)N1CCC(CC(=O)O)C1C. The summed E-state index contributed by atoms with van der Waals surface area (Å²) in [6.45, 7) is 7.52. The Balaban J connectivity index is 2.49. The van der Waals surface area contributed by atoms with Gasteiger partial charge in [0.1, 0.15) is 0 Å². The van der Waals surface area contributed by atoms with Crippen molar-refractivity contribution in [3.8, 4) is 0 Å². The molecule has 0 radical (unpaired) electrons. The topological polar surface area (TPSA) is 40.5 Å². The van der Waals surface area contributed by atoms with Gasteiger partial charge in [-0.1, -0.05) is 0 Å². The van der Waals surface area contributed by atoms with Crippen LogP contribution in [0.3, 0.4) is 0 Å². The molecule has 0 aromatic carbocycles. The maximum Gasteiger partial charge on any atom is 0.303 e. The Morgan fingerprint density at radius 2 is 2.23 bits per heavy atom. The molecule has 1 saturated heterocycles. The number of rotatable bonds is 3. The van der Waals surface area contributed by atoms with E-state index in [1.54, 1.807) is 0 Å². The fourth-order valence-electron chi connectivity index (χ4n) is 2.26. The van der Waals surface area contributed by atoms with Gasteiger partial charge in [-0.25, -0.2) is 0 Å². The van der Waals surface area contributed by atoms with Crippen molar-refractivity contribution in [2.45, 2.75) is 45.7 Å². The van der Waals surface area contributed by atoms with Crippen molar-refractivity contribution < 1.29 is 9.90 Å². The van der Waals surface area contributed by atoms with E-state index in [4.69, 9.17) is 5.11 Å². The molecule has 0 aliphatic carbocycles. The number of likely N-dealkylation sites (tertiary alicyclic amines) is 1. The van der Waals surface area contributed by atoms with E-state index >= 15 is 0 Å². The van der Waals surface area contributed by atoms with E-state index < -0.39 is 5.97 Å². The molecular formula is C10H19NO2. The maximum absolute atomic E-state index is 10.6. The summed E-state index contributed by atoms with van der Waals surface area (Å²) in [7, 11) is 0. The smallest absolute Gasteiger partial charge is 0.303 e. The van der Waals surface area contributed by atoms with Crippen molar-refractivity contribution in [3.05, 3.63) is 0 Å². The fraction of sp³-hybridized carbons (Fsp3) is 0.900. The number of carboxylic acid groups (broad SMARTS) is 1. The van der Waals surface area contributed by atoms with Gasteiger partial charge in [0.2, 0.25) is 0 Å². The summed E-state index contributed by atoms with van der Waals surface area (Å²) in [4.78, 5) is 12.9. The van der Waals surface area contributed by atoms with E-state index in [9.17, 15) is 4.79 Å². The molecule has 1 N–H and O–H groups in total. The second-order valence-electron chi connectivity index (χ2n) is 4.22. The third kappa shape index (κ3) is 2.44. The Hall–Kier alpha value is -0.570. The van der Waals surface area contributed by atoms with Crippen LogP contribution in [0.2, 0.25) is 0 Å². The molecule has 0 saturated carbocycles. The number of hydrogen-bond donors (Lipinski definition) is 1. The fourth-order valence-corrected chi connectivity index (χ4v) is 2.26. The van der Waals surface area contributed by atoms with Crippen molar-refractivity contribution >= 4 is 5.97 Å². The van der Waals surface area contributed by atoms with Crippen LogP contribution >= 0.6 is 0 Å². The molecule has 1 heterocycles. The predicted octanol–water partition coefficient (Wildman–Crippen LogP) is 1.58. The van der Waals surface area contributed by atoms with Gasteiger partial charge in [-0.15, -0.1) is 0 Å². The first kappa shape index (κ1) is 10.5. The first-order valence-corrected chi connectivity index (χ1v) is 5.00. The first-order valence-electron chi connectivity index (χ1n) is 5.00. The zero-order chi connectivity index (χ0) is 10.0. The number of carbonyl (C=O) groups is 1. The normalized spacial score (nSPS) is 29.8. The van der Waals surface area contributed by atoms with Gasteiger partial charge in [0, 0.05) is 18.5 Å². The Morgan fingerprint density at radius 1 is 1.62 bits per heavy atom. The predicted molar refractivity (Wildman–Crippen MR) is 51.7 cm³/mol. The van der Waals surface area contributed by atoms with Crippen molar-refractivity contribution in [2.24, 2.45) is 5.92 Å². The zero-order valence-electron chi connectivity index (χ0n) is 8.66. The average molecular weight is 185 g/mol. The largest absolute Gasteiger partial charge is 0.481 e. The number of hydrogen-bond acceptors (Lipinski definition) is 2. The second kappa shape index (κ2) is 4.09. The molecule has 0 spiro atoms. The van der Waals surface area contributed by atoms with Crippen LogP contribution in [-0.2, 0) is 4.79 Å². The minimum atomic E-state index is -0.664. The van der Waals surface area contributed by atoms with Crippen LogP contribution in [0.15, 0.2) is 0 Å². The quantitative estimate of drug-likeness (QED) is 0.725. The number of carboxylic acids is 1. The van der Waals surface area contributed by atoms with Crippen LogP contribution in [0.5, 0.6) is 0 Å². The molecule has 2 unspecified atom stereocenters. The van der Waals surface area contributed by atoms with Gasteiger partial charge in [-0.3, -0.25) is 9.69 Å². The highest BCUT2D eigenvalue weighted by Crippen LogP contribution is 2.28. The van der Waals surface area contributed by atoms with Crippen LogP contribution < -0.4 is 0 Å². The molecule has 0 aromatic rings. The monoisotopic (exact) mass is 185 g/mol.